The zero-order chi connectivity index (χ0) is 17.4. The Morgan fingerprint density at radius 3 is 2.62 bits per heavy atom. The molecule has 1 fully saturated rings. The third kappa shape index (κ3) is 4.84. The van der Waals surface area contributed by atoms with E-state index in [1.54, 1.807) is 18.2 Å². The second kappa shape index (κ2) is 9.48. The van der Waals surface area contributed by atoms with Gasteiger partial charge in [-0.1, -0.05) is 12.1 Å². The Balaban J connectivity index is 0.00000100. The van der Waals surface area contributed by atoms with Crippen LogP contribution in [0.25, 0.3) is 11.3 Å². The molecule has 2 aromatic rings. The number of terminal acetylenes is 1. The zero-order valence-electron chi connectivity index (χ0n) is 13.8. The fourth-order valence-corrected chi connectivity index (χ4v) is 3.53. The summed E-state index contributed by atoms with van der Waals surface area (Å²) < 4.78 is 19.8. The fourth-order valence-electron chi connectivity index (χ4n) is 3.01. The van der Waals surface area contributed by atoms with Gasteiger partial charge < -0.3 is 0 Å². The Hall–Kier alpha value is -1.81. The SMILES string of the molecule is C#C.CNSNC1CCC(c2cc(-c3cccc(F)c3)n[nH]2)CC1. The highest BCUT2D eigenvalue weighted by Gasteiger charge is 2.23. The summed E-state index contributed by atoms with van der Waals surface area (Å²) in [6, 6.07) is 9.22. The molecule has 0 radical (unpaired) electrons. The lowest BCUT2D eigenvalue weighted by molar-refractivity contribution is 0.376. The Morgan fingerprint density at radius 1 is 1.21 bits per heavy atom. The molecule has 1 aliphatic carbocycles. The van der Waals surface area contributed by atoms with E-state index in [0.29, 0.717) is 12.0 Å². The van der Waals surface area contributed by atoms with Gasteiger partial charge in [0, 0.05) is 35.4 Å². The summed E-state index contributed by atoms with van der Waals surface area (Å²) in [5, 5.41) is 7.49. The molecule has 0 amide bonds. The van der Waals surface area contributed by atoms with Crippen molar-refractivity contribution in [2.24, 2.45) is 0 Å². The maximum absolute atomic E-state index is 13.3. The van der Waals surface area contributed by atoms with Gasteiger partial charge in [-0.25, -0.2) is 9.11 Å². The van der Waals surface area contributed by atoms with E-state index in [-0.39, 0.29) is 5.82 Å². The molecule has 1 aliphatic rings. The van der Waals surface area contributed by atoms with Gasteiger partial charge >= 0.3 is 0 Å². The zero-order valence-corrected chi connectivity index (χ0v) is 14.6. The summed E-state index contributed by atoms with van der Waals surface area (Å²) >= 11 is 1.56. The van der Waals surface area contributed by atoms with Gasteiger partial charge in [0.15, 0.2) is 0 Å². The van der Waals surface area contributed by atoms with Crippen LogP contribution in [0.5, 0.6) is 0 Å². The summed E-state index contributed by atoms with van der Waals surface area (Å²) in [6.07, 6.45) is 12.6. The van der Waals surface area contributed by atoms with Gasteiger partial charge in [-0.3, -0.25) is 9.82 Å². The molecular formula is C18H23FN4S. The minimum absolute atomic E-state index is 0.226. The van der Waals surface area contributed by atoms with Crippen LogP contribution in [0.4, 0.5) is 4.39 Å². The minimum atomic E-state index is -0.226. The first-order valence-electron chi connectivity index (χ1n) is 7.99. The second-order valence-corrected chi connectivity index (χ2v) is 6.54. The van der Waals surface area contributed by atoms with E-state index >= 15 is 0 Å². The second-order valence-electron chi connectivity index (χ2n) is 5.69. The van der Waals surface area contributed by atoms with Crippen LogP contribution in [0, 0.1) is 18.7 Å². The molecule has 1 heterocycles. The average Bonchev–Trinajstić information content (AvgIpc) is 3.12. The number of H-pyrrole nitrogens is 1. The number of rotatable bonds is 5. The van der Waals surface area contributed by atoms with E-state index in [9.17, 15) is 4.39 Å². The van der Waals surface area contributed by atoms with Crippen molar-refractivity contribution in [3.63, 3.8) is 0 Å². The monoisotopic (exact) mass is 346 g/mol. The van der Waals surface area contributed by atoms with Crippen molar-refractivity contribution in [2.75, 3.05) is 7.05 Å². The van der Waals surface area contributed by atoms with Gasteiger partial charge in [-0.05, 0) is 50.9 Å². The van der Waals surface area contributed by atoms with Gasteiger partial charge in [0.05, 0.1) is 5.69 Å². The molecule has 3 rings (SSSR count). The van der Waals surface area contributed by atoms with E-state index in [2.05, 4.69) is 38.6 Å². The van der Waals surface area contributed by atoms with E-state index in [0.717, 1.165) is 36.9 Å². The molecular weight excluding hydrogens is 323 g/mol. The van der Waals surface area contributed by atoms with Crippen LogP contribution in [-0.2, 0) is 0 Å². The van der Waals surface area contributed by atoms with Gasteiger partial charge in [-0.15, -0.1) is 12.8 Å². The number of nitrogens with one attached hydrogen (secondary N) is 3. The van der Waals surface area contributed by atoms with Crippen molar-refractivity contribution in [3.05, 3.63) is 41.8 Å². The first-order chi connectivity index (χ1) is 11.8. The number of aromatic amines is 1. The van der Waals surface area contributed by atoms with Crippen LogP contribution in [0.15, 0.2) is 30.3 Å². The van der Waals surface area contributed by atoms with Gasteiger partial charge in [0.25, 0.3) is 0 Å². The van der Waals surface area contributed by atoms with Crippen molar-refractivity contribution in [2.45, 2.75) is 37.6 Å². The largest absolute Gasteiger partial charge is 0.282 e. The number of halogens is 1. The molecule has 0 spiro atoms. The van der Waals surface area contributed by atoms with Crippen molar-refractivity contribution in [1.29, 1.82) is 0 Å². The first kappa shape index (κ1) is 18.5. The number of hydrogen-bond acceptors (Lipinski definition) is 4. The summed E-state index contributed by atoms with van der Waals surface area (Å²) in [7, 11) is 1.92. The lowest BCUT2D eigenvalue weighted by Crippen LogP contribution is -2.29. The maximum Gasteiger partial charge on any atom is 0.123 e. The van der Waals surface area contributed by atoms with Gasteiger partial charge in [0.2, 0.25) is 0 Å². The lowest BCUT2D eigenvalue weighted by Gasteiger charge is -2.27. The van der Waals surface area contributed by atoms with Gasteiger partial charge in [-0.2, -0.15) is 5.10 Å². The fraction of sp³-hybridized carbons (Fsp3) is 0.389. The molecule has 1 aromatic heterocycles. The molecule has 0 bridgehead atoms. The molecule has 0 unspecified atom stereocenters. The Bertz CT molecular complexity index is 647. The normalized spacial score (nSPS) is 20.2. The number of benzene rings is 1. The first-order valence-corrected chi connectivity index (χ1v) is 8.80. The molecule has 0 atom stereocenters. The van der Waals surface area contributed by atoms with Crippen molar-refractivity contribution >= 4 is 12.1 Å². The van der Waals surface area contributed by atoms with E-state index in [1.807, 2.05) is 13.1 Å². The quantitative estimate of drug-likeness (QED) is 0.568. The van der Waals surface area contributed by atoms with E-state index in [1.165, 1.54) is 17.8 Å². The predicted octanol–water partition coefficient (Wildman–Crippen LogP) is 3.86. The Morgan fingerprint density at radius 2 is 1.96 bits per heavy atom. The Kier molecular flexibility index (Phi) is 7.32. The number of hydrogen-bond donors (Lipinski definition) is 3. The standard InChI is InChI=1S/C16H21FN4S.C2H2/c1-18-22-21-14-7-5-11(6-8-14)15-10-16(20-19-15)12-3-2-4-13(17)9-12;1-2/h2-4,9-11,14,18,21H,5-8H2,1H3,(H,19,20);1-2H. The third-order valence-corrected chi connectivity index (χ3v) is 4.87. The molecule has 0 saturated heterocycles. The summed E-state index contributed by atoms with van der Waals surface area (Å²) in [6.45, 7) is 0. The molecule has 1 aromatic carbocycles. The topological polar surface area (TPSA) is 52.7 Å². The minimum Gasteiger partial charge on any atom is -0.282 e. The van der Waals surface area contributed by atoms with Crippen molar-refractivity contribution in [1.82, 2.24) is 19.6 Å². The van der Waals surface area contributed by atoms with Crippen LogP contribution in [0.1, 0.15) is 37.3 Å². The maximum atomic E-state index is 13.3. The van der Waals surface area contributed by atoms with Crippen molar-refractivity contribution < 1.29 is 4.39 Å². The van der Waals surface area contributed by atoms with Crippen LogP contribution < -0.4 is 9.44 Å². The summed E-state index contributed by atoms with van der Waals surface area (Å²) in [4.78, 5) is 0. The smallest absolute Gasteiger partial charge is 0.123 e. The molecule has 24 heavy (non-hydrogen) atoms. The van der Waals surface area contributed by atoms with E-state index < -0.39 is 0 Å². The number of aromatic nitrogens is 2. The van der Waals surface area contributed by atoms with Crippen LogP contribution >= 0.6 is 12.1 Å². The highest BCUT2D eigenvalue weighted by molar-refractivity contribution is 7.95. The molecule has 3 N–H and O–H groups in total. The summed E-state index contributed by atoms with van der Waals surface area (Å²) in [5.74, 6) is 0.295. The van der Waals surface area contributed by atoms with Crippen LogP contribution in [0.3, 0.4) is 0 Å². The lowest BCUT2D eigenvalue weighted by atomic mass is 9.84. The third-order valence-electron chi connectivity index (χ3n) is 4.21. The van der Waals surface area contributed by atoms with Crippen LogP contribution in [-0.4, -0.2) is 23.3 Å². The highest BCUT2D eigenvalue weighted by atomic mass is 32.2. The summed E-state index contributed by atoms with van der Waals surface area (Å²) in [5.41, 5.74) is 2.81. The highest BCUT2D eigenvalue weighted by Crippen LogP contribution is 2.33. The predicted molar refractivity (Wildman–Crippen MR) is 98.7 cm³/mol. The van der Waals surface area contributed by atoms with Crippen LogP contribution in [0.2, 0.25) is 0 Å². The average molecular weight is 346 g/mol. The van der Waals surface area contributed by atoms with Gasteiger partial charge in [0.1, 0.15) is 5.82 Å². The number of nitrogens with zero attached hydrogens (tertiary/aromatic N) is 1. The molecule has 4 nitrogen and oxygen atoms in total. The van der Waals surface area contributed by atoms with E-state index in [4.69, 9.17) is 0 Å². The molecule has 6 heteroatoms. The molecule has 128 valence electrons. The van der Waals surface area contributed by atoms with Crippen molar-refractivity contribution in [3.8, 4) is 24.1 Å². The Labute approximate surface area is 147 Å². The molecule has 1 saturated carbocycles. The molecule has 0 aliphatic heterocycles.